The zero-order chi connectivity index (χ0) is 17.1. The smallest absolute Gasteiger partial charge is 0.261 e. The highest BCUT2D eigenvalue weighted by Gasteiger charge is 2.30. The van der Waals surface area contributed by atoms with E-state index >= 15 is 0 Å². The molecule has 1 aliphatic heterocycles. The van der Waals surface area contributed by atoms with Gasteiger partial charge in [-0.2, -0.15) is 0 Å². The van der Waals surface area contributed by atoms with Gasteiger partial charge in [-0.25, -0.2) is 4.39 Å². The second kappa shape index (κ2) is 7.34. The number of rotatable bonds is 4. The normalized spacial score (nSPS) is 17.1. The van der Waals surface area contributed by atoms with Gasteiger partial charge in [0.05, 0.1) is 6.04 Å². The molecule has 0 bridgehead atoms. The number of halogens is 2. The number of hydrogen-bond acceptors (Lipinski definition) is 2. The van der Waals surface area contributed by atoms with Gasteiger partial charge in [0.15, 0.2) is 18.2 Å². The van der Waals surface area contributed by atoms with Crippen molar-refractivity contribution in [2.75, 3.05) is 13.2 Å². The lowest BCUT2D eigenvalue weighted by molar-refractivity contribution is -0.134. The van der Waals surface area contributed by atoms with Gasteiger partial charge < -0.3 is 9.64 Å². The number of ether oxygens (including phenoxy) is 1. The molecule has 0 aromatic heterocycles. The summed E-state index contributed by atoms with van der Waals surface area (Å²) in [4.78, 5) is 14.4. The molecule has 24 heavy (non-hydrogen) atoms. The largest absolute Gasteiger partial charge is 0.481 e. The summed E-state index contributed by atoms with van der Waals surface area (Å²) < 4.78 is 19.8. The molecule has 0 spiro atoms. The van der Waals surface area contributed by atoms with E-state index in [0.717, 1.165) is 18.4 Å². The maximum Gasteiger partial charge on any atom is 0.261 e. The van der Waals surface area contributed by atoms with E-state index in [1.54, 1.807) is 6.07 Å². The van der Waals surface area contributed by atoms with Gasteiger partial charge in [-0.05, 0) is 43.5 Å². The SMILES string of the molecule is Cc1ccc(C2CCCN2C(=O)COc2ccc(Br)cc2F)cc1. The standard InChI is InChI=1S/C19H19BrFNO2/c1-13-4-6-14(7-5-13)17-3-2-10-22(17)19(23)12-24-18-9-8-15(20)11-16(18)21/h4-9,11,17H,2-3,10,12H2,1H3. The van der Waals surface area contributed by atoms with Gasteiger partial charge in [0.1, 0.15) is 0 Å². The number of benzene rings is 2. The molecule has 1 heterocycles. The molecule has 0 radical (unpaired) electrons. The van der Waals surface area contributed by atoms with E-state index in [0.29, 0.717) is 11.0 Å². The summed E-state index contributed by atoms with van der Waals surface area (Å²) in [6.07, 6.45) is 1.92. The molecular formula is C19H19BrFNO2. The number of likely N-dealkylation sites (tertiary alicyclic amines) is 1. The zero-order valence-corrected chi connectivity index (χ0v) is 15.1. The molecule has 2 aromatic rings. The third-order valence-electron chi connectivity index (χ3n) is 4.28. The summed E-state index contributed by atoms with van der Waals surface area (Å²) in [7, 11) is 0. The summed E-state index contributed by atoms with van der Waals surface area (Å²) in [6.45, 7) is 2.60. The van der Waals surface area contributed by atoms with Crippen molar-refractivity contribution < 1.29 is 13.9 Å². The Kier molecular flexibility index (Phi) is 5.19. The summed E-state index contributed by atoms with van der Waals surface area (Å²) in [5, 5.41) is 0. The molecule has 1 saturated heterocycles. The fraction of sp³-hybridized carbons (Fsp3) is 0.316. The first-order chi connectivity index (χ1) is 11.5. The Morgan fingerprint density at radius 1 is 1.29 bits per heavy atom. The van der Waals surface area contributed by atoms with Crippen LogP contribution in [0.4, 0.5) is 4.39 Å². The summed E-state index contributed by atoms with van der Waals surface area (Å²) >= 11 is 3.20. The Balaban J connectivity index is 1.66. The van der Waals surface area contributed by atoms with Crippen LogP contribution >= 0.6 is 15.9 Å². The third kappa shape index (κ3) is 3.78. The van der Waals surface area contributed by atoms with E-state index in [4.69, 9.17) is 4.74 Å². The molecule has 5 heteroatoms. The average molecular weight is 392 g/mol. The molecular weight excluding hydrogens is 373 g/mol. The van der Waals surface area contributed by atoms with Crippen LogP contribution in [0.25, 0.3) is 0 Å². The Morgan fingerprint density at radius 2 is 2.04 bits per heavy atom. The maximum absolute atomic E-state index is 13.8. The molecule has 2 aromatic carbocycles. The quantitative estimate of drug-likeness (QED) is 0.759. The molecule has 3 nitrogen and oxygen atoms in total. The Labute approximate surface area is 149 Å². The highest BCUT2D eigenvalue weighted by atomic mass is 79.9. The monoisotopic (exact) mass is 391 g/mol. The van der Waals surface area contributed by atoms with E-state index in [9.17, 15) is 9.18 Å². The first kappa shape index (κ1) is 17.0. The van der Waals surface area contributed by atoms with Gasteiger partial charge in [0.2, 0.25) is 0 Å². The fourth-order valence-corrected chi connectivity index (χ4v) is 3.35. The van der Waals surface area contributed by atoms with E-state index in [2.05, 4.69) is 40.2 Å². The van der Waals surface area contributed by atoms with Gasteiger partial charge in [-0.3, -0.25) is 4.79 Å². The predicted molar refractivity (Wildman–Crippen MR) is 94.5 cm³/mol. The van der Waals surface area contributed by atoms with Crippen LogP contribution in [0, 0.1) is 12.7 Å². The Morgan fingerprint density at radius 3 is 2.75 bits per heavy atom. The molecule has 1 aliphatic rings. The molecule has 1 unspecified atom stereocenters. The van der Waals surface area contributed by atoms with E-state index in [-0.39, 0.29) is 24.3 Å². The van der Waals surface area contributed by atoms with Gasteiger partial charge in [0.25, 0.3) is 5.91 Å². The summed E-state index contributed by atoms with van der Waals surface area (Å²) in [5.41, 5.74) is 2.34. The molecule has 0 aliphatic carbocycles. The molecule has 126 valence electrons. The molecule has 1 atom stereocenters. The van der Waals surface area contributed by atoms with E-state index in [1.807, 2.05) is 11.8 Å². The van der Waals surface area contributed by atoms with Crippen molar-refractivity contribution in [3.8, 4) is 5.75 Å². The second-order valence-electron chi connectivity index (χ2n) is 6.02. The van der Waals surface area contributed by atoms with Gasteiger partial charge in [0, 0.05) is 11.0 Å². The molecule has 0 saturated carbocycles. The van der Waals surface area contributed by atoms with Crippen LogP contribution in [0.3, 0.4) is 0 Å². The highest BCUT2D eigenvalue weighted by Crippen LogP contribution is 2.32. The predicted octanol–water partition coefficient (Wildman–Crippen LogP) is 4.64. The first-order valence-electron chi connectivity index (χ1n) is 7.98. The molecule has 0 N–H and O–H groups in total. The number of hydrogen-bond donors (Lipinski definition) is 0. The summed E-state index contributed by atoms with van der Waals surface area (Å²) in [5.74, 6) is -0.494. The van der Waals surface area contributed by atoms with E-state index < -0.39 is 5.82 Å². The van der Waals surface area contributed by atoms with Crippen LogP contribution in [-0.2, 0) is 4.79 Å². The summed E-state index contributed by atoms with van der Waals surface area (Å²) in [6, 6.07) is 12.9. The lowest BCUT2D eigenvalue weighted by Crippen LogP contribution is -2.34. The minimum absolute atomic E-state index is 0.0801. The van der Waals surface area contributed by atoms with Crippen LogP contribution in [-0.4, -0.2) is 24.0 Å². The van der Waals surface area contributed by atoms with Gasteiger partial charge in [-0.1, -0.05) is 45.8 Å². The minimum Gasteiger partial charge on any atom is -0.481 e. The number of carbonyl (C=O) groups excluding carboxylic acids is 1. The van der Waals surface area contributed by atoms with Crippen LogP contribution in [0.1, 0.15) is 30.0 Å². The van der Waals surface area contributed by atoms with Crippen molar-refractivity contribution in [2.24, 2.45) is 0 Å². The van der Waals surface area contributed by atoms with Crippen LogP contribution in [0.15, 0.2) is 46.9 Å². The van der Waals surface area contributed by atoms with Crippen molar-refractivity contribution in [3.05, 3.63) is 63.9 Å². The second-order valence-corrected chi connectivity index (χ2v) is 6.93. The first-order valence-corrected chi connectivity index (χ1v) is 8.78. The van der Waals surface area contributed by atoms with Crippen LogP contribution < -0.4 is 4.74 Å². The Hall–Kier alpha value is -1.88. The number of amides is 1. The molecule has 3 rings (SSSR count). The van der Waals surface area contributed by atoms with Gasteiger partial charge in [-0.15, -0.1) is 0 Å². The lowest BCUT2D eigenvalue weighted by atomic mass is 10.0. The van der Waals surface area contributed by atoms with Crippen molar-refractivity contribution >= 4 is 21.8 Å². The van der Waals surface area contributed by atoms with E-state index in [1.165, 1.54) is 17.7 Å². The van der Waals surface area contributed by atoms with Crippen molar-refractivity contribution in [2.45, 2.75) is 25.8 Å². The fourth-order valence-electron chi connectivity index (χ4n) is 3.02. The maximum atomic E-state index is 13.8. The Bertz CT molecular complexity index is 733. The number of aryl methyl sites for hydroxylation is 1. The lowest BCUT2D eigenvalue weighted by Gasteiger charge is -2.25. The minimum atomic E-state index is -0.478. The average Bonchev–Trinajstić information content (AvgIpc) is 3.04. The topological polar surface area (TPSA) is 29.5 Å². The molecule has 1 amide bonds. The third-order valence-corrected chi connectivity index (χ3v) is 4.77. The van der Waals surface area contributed by atoms with Gasteiger partial charge >= 0.3 is 0 Å². The van der Waals surface area contributed by atoms with Crippen molar-refractivity contribution in [1.82, 2.24) is 4.90 Å². The van der Waals surface area contributed by atoms with Crippen molar-refractivity contribution in [1.29, 1.82) is 0 Å². The highest BCUT2D eigenvalue weighted by molar-refractivity contribution is 9.10. The zero-order valence-electron chi connectivity index (χ0n) is 13.5. The van der Waals surface area contributed by atoms with Crippen LogP contribution in [0.2, 0.25) is 0 Å². The molecule has 1 fully saturated rings. The number of nitrogens with zero attached hydrogens (tertiary/aromatic N) is 1. The van der Waals surface area contributed by atoms with Crippen LogP contribution in [0.5, 0.6) is 5.75 Å². The van der Waals surface area contributed by atoms with Crippen molar-refractivity contribution in [3.63, 3.8) is 0 Å². The number of carbonyl (C=O) groups is 1.